The summed E-state index contributed by atoms with van der Waals surface area (Å²) in [4.78, 5) is 0. The average molecular weight is 274 g/mol. The van der Waals surface area contributed by atoms with Crippen LogP contribution in [-0.2, 0) is 14.2 Å². The first-order valence-electron chi connectivity index (χ1n) is 6.41. The lowest BCUT2D eigenvalue weighted by atomic mass is 10.1. The van der Waals surface area contributed by atoms with E-state index in [1.807, 2.05) is 24.3 Å². The van der Waals surface area contributed by atoms with Crippen molar-refractivity contribution in [3.8, 4) is 18.3 Å². The van der Waals surface area contributed by atoms with Crippen molar-refractivity contribution in [2.24, 2.45) is 0 Å². The number of rotatable bonds is 5. The van der Waals surface area contributed by atoms with Crippen molar-refractivity contribution >= 4 is 0 Å². The van der Waals surface area contributed by atoms with Crippen LogP contribution in [0.1, 0.15) is 18.3 Å². The van der Waals surface area contributed by atoms with E-state index in [1.165, 1.54) is 0 Å². The lowest BCUT2D eigenvalue weighted by Crippen LogP contribution is -2.41. The van der Waals surface area contributed by atoms with Gasteiger partial charge < -0.3 is 18.9 Å². The molecule has 0 bridgehead atoms. The van der Waals surface area contributed by atoms with Crippen LogP contribution in [0.3, 0.4) is 0 Å². The molecule has 0 aliphatic carbocycles. The van der Waals surface area contributed by atoms with Gasteiger partial charge in [-0.05, 0) is 18.6 Å². The third kappa shape index (κ3) is 3.32. The molecule has 1 aliphatic rings. The third-order valence-electron chi connectivity index (χ3n) is 3.13. The molecule has 0 saturated carbocycles. The molecule has 0 amide bonds. The molecule has 20 heavy (non-hydrogen) atoms. The lowest BCUT2D eigenvalue weighted by Gasteiger charge is -2.34. The normalized spacial score (nSPS) is 25.5. The van der Waals surface area contributed by atoms with Crippen LogP contribution in [0.15, 0.2) is 36.9 Å². The van der Waals surface area contributed by atoms with E-state index in [2.05, 4.69) is 12.7 Å². The van der Waals surface area contributed by atoms with E-state index in [0.717, 1.165) is 11.3 Å². The minimum absolute atomic E-state index is 0.163. The van der Waals surface area contributed by atoms with Crippen LogP contribution in [0.2, 0.25) is 0 Å². The van der Waals surface area contributed by atoms with Gasteiger partial charge in [-0.3, -0.25) is 0 Å². The molecule has 1 fully saturated rings. The SMILES string of the molecule is C#CO[C@@H]1CO[C@@H](c2ccc(OC)cc2)O[C@H]1CC=C. The summed E-state index contributed by atoms with van der Waals surface area (Å²) in [5.74, 6) is 0.792. The van der Waals surface area contributed by atoms with Crippen molar-refractivity contribution in [2.45, 2.75) is 24.9 Å². The predicted molar refractivity (Wildman–Crippen MR) is 75.1 cm³/mol. The third-order valence-corrected chi connectivity index (χ3v) is 3.13. The fourth-order valence-electron chi connectivity index (χ4n) is 2.08. The summed E-state index contributed by atoms with van der Waals surface area (Å²) < 4.78 is 21.9. The first-order chi connectivity index (χ1) is 9.78. The van der Waals surface area contributed by atoms with Crippen LogP contribution >= 0.6 is 0 Å². The molecule has 0 aromatic heterocycles. The van der Waals surface area contributed by atoms with Crippen molar-refractivity contribution in [3.63, 3.8) is 0 Å². The Morgan fingerprint density at radius 2 is 2.20 bits per heavy atom. The second kappa shape index (κ2) is 6.99. The Bertz CT molecular complexity index is 474. The highest BCUT2D eigenvalue weighted by Gasteiger charge is 2.33. The Hall–Kier alpha value is -1.96. The summed E-state index contributed by atoms with van der Waals surface area (Å²) in [6.45, 7) is 4.11. The first-order valence-corrected chi connectivity index (χ1v) is 6.41. The van der Waals surface area contributed by atoms with Crippen molar-refractivity contribution in [2.75, 3.05) is 13.7 Å². The number of methoxy groups -OCH3 is 1. The quantitative estimate of drug-likeness (QED) is 0.611. The van der Waals surface area contributed by atoms with Crippen molar-refractivity contribution in [1.29, 1.82) is 0 Å². The predicted octanol–water partition coefficient (Wildman–Crippen LogP) is 2.66. The second-order valence-electron chi connectivity index (χ2n) is 4.41. The Morgan fingerprint density at radius 3 is 2.80 bits per heavy atom. The Morgan fingerprint density at radius 1 is 1.45 bits per heavy atom. The molecule has 3 atom stereocenters. The summed E-state index contributed by atoms with van der Waals surface area (Å²) in [7, 11) is 1.63. The van der Waals surface area contributed by atoms with E-state index in [9.17, 15) is 0 Å². The van der Waals surface area contributed by atoms with E-state index >= 15 is 0 Å². The molecule has 2 rings (SSSR count). The average Bonchev–Trinajstić information content (AvgIpc) is 2.50. The van der Waals surface area contributed by atoms with Gasteiger partial charge in [-0.2, -0.15) is 0 Å². The largest absolute Gasteiger partial charge is 0.497 e. The maximum Gasteiger partial charge on any atom is 0.184 e. The summed E-state index contributed by atoms with van der Waals surface area (Å²) in [6.07, 6.45) is 8.94. The number of benzene rings is 1. The van der Waals surface area contributed by atoms with E-state index in [-0.39, 0.29) is 12.2 Å². The Labute approximate surface area is 119 Å². The lowest BCUT2D eigenvalue weighted by molar-refractivity contribution is -0.254. The molecule has 0 spiro atoms. The molecule has 0 N–H and O–H groups in total. The van der Waals surface area contributed by atoms with Gasteiger partial charge in [0.25, 0.3) is 0 Å². The van der Waals surface area contributed by atoms with Crippen molar-refractivity contribution in [1.82, 2.24) is 0 Å². The maximum absolute atomic E-state index is 5.90. The molecule has 1 heterocycles. The van der Waals surface area contributed by atoms with Crippen LogP contribution in [0.5, 0.6) is 5.75 Å². The van der Waals surface area contributed by atoms with Crippen LogP contribution < -0.4 is 4.74 Å². The van der Waals surface area contributed by atoms with Gasteiger partial charge in [-0.25, -0.2) is 0 Å². The molecule has 4 heteroatoms. The fourth-order valence-corrected chi connectivity index (χ4v) is 2.08. The van der Waals surface area contributed by atoms with Crippen LogP contribution in [0.25, 0.3) is 0 Å². The molecule has 1 aromatic rings. The van der Waals surface area contributed by atoms with Gasteiger partial charge in [-0.15, -0.1) is 6.58 Å². The molecule has 1 aliphatic heterocycles. The molecule has 1 aromatic carbocycles. The zero-order valence-electron chi connectivity index (χ0n) is 11.5. The summed E-state index contributed by atoms with van der Waals surface area (Å²) in [5.41, 5.74) is 0.930. The standard InChI is InChI=1S/C16H18O4/c1-4-6-14-15(18-5-2)11-19-16(20-14)12-7-9-13(17-3)10-8-12/h2,4,7-10,14-16H,1,6,11H2,3H3/t14-,15+,16+/m0/s1. The van der Waals surface area contributed by atoms with Crippen molar-refractivity contribution in [3.05, 3.63) is 42.5 Å². The van der Waals surface area contributed by atoms with E-state index in [4.69, 9.17) is 25.4 Å². The monoisotopic (exact) mass is 274 g/mol. The fraction of sp³-hybridized carbons (Fsp3) is 0.375. The van der Waals surface area contributed by atoms with Gasteiger partial charge >= 0.3 is 0 Å². The highest BCUT2D eigenvalue weighted by Crippen LogP contribution is 2.30. The number of terminal acetylenes is 1. The minimum Gasteiger partial charge on any atom is -0.497 e. The summed E-state index contributed by atoms with van der Waals surface area (Å²) >= 11 is 0. The first kappa shape index (κ1) is 14.4. The highest BCUT2D eigenvalue weighted by atomic mass is 16.7. The molecular formula is C16H18O4. The second-order valence-corrected chi connectivity index (χ2v) is 4.41. The molecule has 0 radical (unpaired) electrons. The van der Waals surface area contributed by atoms with E-state index < -0.39 is 6.29 Å². The topological polar surface area (TPSA) is 36.9 Å². The zero-order chi connectivity index (χ0) is 14.4. The molecular weight excluding hydrogens is 256 g/mol. The molecule has 0 unspecified atom stereocenters. The zero-order valence-corrected chi connectivity index (χ0v) is 11.5. The smallest absolute Gasteiger partial charge is 0.184 e. The van der Waals surface area contributed by atoms with E-state index in [1.54, 1.807) is 13.2 Å². The van der Waals surface area contributed by atoms with Gasteiger partial charge in [0.15, 0.2) is 12.4 Å². The molecule has 1 saturated heterocycles. The van der Waals surface area contributed by atoms with Crippen LogP contribution in [0, 0.1) is 12.5 Å². The van der Waals surface area contributed by atoms with E-state index in [0.29, 0.717) is 13.0 Å². The maximum atomic E-state index is 5.90. The van der Waals surface area contributed by atoms with Gasteiger partial charge in [-0.1, -0.05) is 24.6 Å². The van der Waals surface area contributed by atoms with Crippen molar-refractivity contribution < 1.29 is 18.9 Å². The van der Waals surface area contributed by atoms with Crippen LogP contribution in [0.4, 0.5) is 0 Å². The van der Waals surface area contributed by atoms with Gasteiger partial charge in [0.05, 0.1) is 13.7 Å². The minimum atomic E-state index is -0.427. The summed E-state index contributed by atoms with van der Waals surface area (Å²) in [6, 6.07) is 7.57. The summed E-state index contributed by atoms with van der Waals surface area (Å²) in [5, 5.41) is 0. The number of ether oxygens (including phenoxy) is 4. The molecule has 4 nitrogen and oxygen atoms in total. The van der Waals surface area contributed by atoms with Gasteiger partial charge in [0, 0.05) is 5.56 Å². The Balaban J connectivity index is 2.06. The Kier molecular flexibility index (Phi) is 5.05. The highest BCUT2D eigenvalue weighted by molar-refractivity contribution is 5.28. The number of hydrogen-bond donors (Lipinski definition) is 0. The number of hydrogen-bond acceptors (Lipinski definition) is 4. The van der Waals surface area contributed by atoms with Gasteiger partial charge in [0.1, 0.15) is 18.0 Å². The van der Waals surface area contributed by atoms with Crippen LogP contribution in [-0.4, -0.2) is 25.9 Å². The molecule has 106 valence electrons. The van der Waals surface area contributed by atoms with Gasteiger partial charge in [0.2, 0.25) is 0 Å².